The van der Waals surface area contributed by atoms with Crippen LogP contribution >= 0.6 is 0 Å². The lowest BCUT2D eigenvalue weighted by atomic mass is 9.84. The number of nitrogens with zero attached hydrogens (tertiary/aromatic N) is 1. The van der Waals surface area contributed by atoms with E-state index in [1.165, 1.54) is 31.4 Å². The van der Waals surface area contributed by atoms with Crippen LogP contribution in [0.15, 0.2) is 29.2 Å². The highest BCUT2D eigenvalue weighted by atomic mass is 32.2. The zero-order valence-electron chi connectivity index (χ0n) is 14.1. The van der Waals surface area contributed by atoms with Gasteiger partial charge in [0, 0.05) is 24.4 Å². The summed E-state index contributed by atoms with van der Waals surface area (Å²) >= 11 is 0. The highest BCUT2D eigenvalue weighted by molar-refractivity contribution is 7.90. The molecular weight excluding hydrogens is 312 g/mol. The number of carbonyl (C=O) groups is 1. The van der Waals surface area contributed by atoms with Crippen LogP contribution in [0, 0.1) is 5.92 Å². The van der Waals surface area contributed by atoms with Gasteiger partial charge in [0.1, 0.15) is 0 Å². The molecule has 1 aliphatic rings. The number of sulfone groups is 1. The van der Waals surface area contributed by atoms with Crippen LogP contribution in [0.4, 0.5) is 0 Å². The fraction of sp³-hybridized carbons (Fsp3) is 0.588. The van der Waals surface area contributed by atoms with E-state index >= 15 is 0 Å². The third-order valence-electron chi connectivity index (χ3n) is 4.60. The molecule has 0 aliphatic heterocycles. The Labute approximate surface area is 139 Å². The van der Waals surface area contributed by atoms with Gasteiger partial charge in [-0.15, -0.1) is 0 Å². The van der Waals surface area contributed by atoms with Gasteiger partial charge in [-0.2, -0.15) is 0 Å². The van der Waals surface area contributed by atoms with E-state index in [0.717, 1.165) is 12.7 Å². The minimum atomic E-state index is -3.23. The number of amides is 1. The third-order valence-corrected chi connectivity index (χ3v) is 5.73. The van der Waals surface area contributed by atoms with Gasteiger partial charge in [-0.05, 0) is 57.1 Å². The van der Waals surface area contributed by atoms with Crippen molar-refractivity contribution in [1.82, 2.24) is 10.2 Å². The molecule has 6 heteroatoms. The van der Waals surface area contributed by atoms with Crippen LogP contribution in [0.5, 0.6) is 0 Å². The minimum absolute atomic E-state index is 0.145. The summed E-state index contributed by atoms with van der Waals surface area (Å²) in [5, 5.41) is 3.00. The molecule has 1 N–H and O–H groups in total. The molecule has 1 aliphatic carbocycles. The van der Waals surface area contributed by atoms with Crippen molar-refractivity contribution < 1.29 is 13.2 Å². The van der Waals surface area contributed by atoms with E-state index in [1.807, 2.05) is 0 Å². The van der Waals surface area contributed by atoms with Crippen LogP contribution in [0.2, 0.25) is 0 Å². The lowest BCUT2D eigenvalue weighted by Gasteiger charge is -2.36. The highest BCUT2D eigenvalue weighted by Crippen LogP contribution is 2.26. The average Bonchev–Trinajstić information content (AvgIpc) is 2.52. The number of hydrogen-bond donors (Lipinski definition) is 1. The number of carbonyl (C=O) groups excluding carboxylic acids is 1. The molecule has 2 unspecified atom stereocenters. The van der Waals surface area contributed by atoms with Gasteiger partial charge >= 0.3 is 0 Å². The van der Waals surface area contributed by atoms with Crippen LogP contribution in [-0.4, -0.2) is 52.2 Å². The summed E-state index contributed by atoms with van der Waals surface area (Å²) in [5.74, 6) is 0.325. The molecule has 0 heterocycles. The van der Waals surface area contributed by atoms with Crippen molar-refractivity contribution in [1.29, 1.82) is 0 Å². The molecule has 0 saturated heterocycles. The van der Waals surface area contributed by atoms with Crippen molar-refractivity contribution in [2.75, 3.05) is 26.9 Å². The van der Waals surface area contributed by atoms with Crippen LogP contribution in [0.25, 0.3) is 0 Å². The van der Waals surface area contributed by atoms with Crippen molar-refractivity contribution in [2.24, 2.45) is 5.92 Å². The van der Waals surface area contributed by atoms with Gasteiger partial charge in [-0.25, -0.2) is 8.42 Å². The number of hydrogen-bond acceptors (Lipinski definition) is 4. The summed E-state index contributed by atoms with van der Waals surface area (Å²) in [4.78, 5) is 14.7. The molecule has 128 valence electrons. The van der Waals surface area contributed by atoms with Crippen molar-refractivity contribution in [3.05, 3.63) is 29.8 Å². The Morgan fingerprint density at radius 1 is 1.17 bits per heavy atom. The Balaban J connectivity index is 1.96. The van der Waals surface area contributed by atoms with E-state index in [0.29, 0.717) is 24.1 Å². The Bertz CT molecular complexity index is 638. The predicted molar refractivity (Wildman–Crippen MR) is 91.3 cm³/mol. The maximum Gasteiger partial charge on any atom is 0.251 e. The number of nitrogens with one attached hydrogen (secondary N) is 1. The zero-order chi connectivity index (χ0) is 17.0. The first-order chi connectivity index (χ1) is 10.8. The minimum Gasteiger partial charge on any atom is -0.352 e. The second kappa shape index (κ2) is 7.45. The highest BCUT2D eigenvalue weighted by Gasteiger charge is 2.26. The molecular formula is C17H26N2O3S. The SMILES string of the molecule is CN(C)C1CCCCC1CNC(=O)c1ccc(S(C)(=O)=O)cc1. The molecule has 1 amide bonds. The van der Waals surface area contributed by atoms with Crippen molar-refractivity contribution >= 4 is 15.7 Å². The average molecular weight is 338 g/mol. The van der Waals surface area contributed by atoms with Crippen molar-refractivity contribution in [3.8, 4) is 0 Å². The fourth-order valence-corrected chi connectivity index (χ4v) is 3.92. The molecule has 1 saturated carbocycles. The summed E-state index contributed by atoms with van der Waals surface area (Å²) in [7, 11) is 0.955. The van der Waals surface area contributed by atoms with Gasteiger partial charge < -0.3 is 10.2 Å². The lowest BCUT2D eigenvalue weighted by Crippen LogP contribution is -2.43. The Hall–Kier alpha value is -1.40. The summed E-state index contributed by atoms with van der Waals surface area (Å²) in [6.45, 7) is 0.662. The molecule has 1 aromatic rings. The number of rotatable bonds is 5. The van der Waals surface area contributed by atoms with Crippen LogP contribution in [-0.2, 0) is 9.84 Å². The molecule has 0 bridgehead atoms. The topological polar surface area (TPSA) is 66.5 Å². The van der Waals surface area contributed by atoms with Crippen molar-refractivity contribution in [2.45, 2.75) is 36.6 Å². The maximum absolute atomic E-state index is 12.3. The maximum atomic E-state index is 12.3. The fourth-order valence-electron chi connectivity index (χ4n) is 3.29. The van der Waals surface area contributed by atoms with Crippen LogP contribution in [0.1, 0.15) is 36.0 Å². The van der Waals surface area contributed by atoms with Gasteiger partial charge in [-0.3, -0.25) is 4.79 Å². The second-order valence-electron chi connectivity index (χ2n) is 6.58. The van der Waals surface area contributed by atoms with Gasteiger partial charge in [0.25, 0.3) is 5.91 Å². The summed E-state index contributed by atoms with van der Waals surface area (Å²) in [6, 6.07) is 6.60. The van der Waals surface area contributed by atoms with E-state index in [9.17, 15) is 13.2 Å². The Morgan fingerprint density at radius 2 is 1.78 bits per heavy atom. The Kier molecular flexibility index (Phi) is 5.81. The molecule has 23 heavy (non-hydrogen) atoms. The lowest BCUT2D eigenvalue weighted by molar-refractivity contribution is 0.0919. The van der Waals surface area contributed by atoms with E-state index in [2.05, 4.69) is 24.3 Å². The van der Waals surface area contributed by atoms with E-state index < -0.39 is 9.84 Å². The first kappa shape index (κ1) is 17.9. The number of benzene rings is 1. The van der Waals surface area contributed by atoms with E-state index in [4.69, 9.17) is 0 Å². The first-order valence-corrected chi connectivity index (χ1v) is 9.93. The molecule has 5 nitrogen and oxygen atoms in total. The monoisotopic (exact) mass is 338 g/mol. The van der Waals surface area contributed by atoms with Gasteiger partial charge in [0.2, 0.25) is 0 Å². The smallest absolute Gasteiger partial charge is 0.251 e. The molecule has 0 aromatic heterocycles. The molecule has 0 radical (unpaired) electrons. The standard InChI is InChI=1S/C17H26N2O3S/c1-19(2)16-7-5-4-6-14(16)12-18-17(20)13-8-10-15(11-9-13)23(3,21)22/h8-11,14,16H,4-7,12H2,1-3H3,(H,18,20). The summed E-state index contributed by atoms with van der Waals surface area (Å²) in [5.41, 5.74) is 0.495. The molecule has 1 fully saturated rings. The predicted octanol–water partition coefficient (Wildman–Crippen LogP) is 1.94. The molecule has 2 atom stereocenters. The van der Waals surface area contributed by atoms with Crippen LogP contribution < -0.4 is 5.32 Å². The summed E-state index contributed by atoms with van der Waals surface area (Å²) in [6.07, 6.45) is 5.94. The second-order valence-corrected chi connectivity index (χ2v) is 8.60. The quantitative estimate of drug-likeness (QED) is 0.891. The molecule has 2 rings (SSSR count). The zero-order valence-corrected chi connectivity index (χ0v) is 14.9. The normalized spacial score (nSPS) is 22.1. The molecule has 0 spiro atoms. The van der Waals surface area contributed by atoms with Gasteiger partial charge in [0.15, 0.2) is 9.84 Å². The van der Waals surface area contributed by atoms with Gasteiger partial charge in [-0.1, -0.05) is 12.8 Å². The Morgan fingerprint density at radius 3 is 2.35 bits per heavy atom. The van der Waals surface area contributed by atoms with Crippen LogP contribution in [0.3, 0.4) is 0 Å². The van der Waals surface area contributed by atoms with E-state index in [-0.39, 0.29) is 10.8 Å². The molecule has 1 aromatic carbocycles. The van der Waals surface area contributed by atoms with E-state index in [1.54, 1.807) is 12.1 Å². The van der Waals surface area contributed by atoms with Crippen molar-refractivity contribution in [3.63, 3.8) is 0 Å². The summed E-state index contributed by atoms with van der Waals surface area (Å²) < 4.78 is 22.9. The third kappa shape index (κ3) is 4.78. The van der Waals surface area contributed by atoms with Gasteiger partial charge in [0.05, 0.1) is 4.90 Å². The largest absolute Gasteiger partial charge is 0.352 e. The first-order valence-electron chi connectivity index (χ1n) is 8.04.